The summed E-state index contributed by atoms with van der Waals surface area (Å²) in [4.78, 5) is 27.8. The van der Waals surface area contributed by atoms with E-state index in [1.807, 2.05) is 18.7 Å². The van der Waals surface area contributed by atoms with E-state index in [9.17, 15) is 14.7 Å². The molecule has 4 unspecified atom stereocenters. The molecule has 0 aliphatic carbocycles. The zero-order valence-electron chi connectivity index (χ0n) is 12.7. The van der Waals surface area contributed by atoms with E-state index >= 15 is 0 Å². The summed E-state index contributed by atoms with van der Waals surface area (Å²) >= 11 is 0. The third kappa shape index (κ3) is 3.14. The van der Waals surface area contributed by atoms with Gasteiger partial charge in [-0.2, -0.15) is 0 Å². The minimum absolute atomic E-state index is 0.0692. The van der Waals surface area contributed by atoms with Gasteiger partial charge in [0.1, 0.15) is 0 Å². The van der Waals surface area contributed by atoms with Gasteiger partial charge in [-0.3, -0.25) is 9.59 Å². The zero-order chi connectivity index (χ0) is 14.9. The highest BCUT2D eigenvalue weighted by atomic mass is 16.4. The standard InChI is InChI=1S/C15H26N2O3/c1-10-7-13(18)17(11(2)14(10)15(19)20)9-12-5-4-6-16(3)8-12/h10-12,14H,4-9H2,1-3H3,(H,19,20). The summed E-state index contributed by atoms with van der Waals surface area (Å²) in [5.41, 5.74) is 0. The van der Waals surface area contributed by atoms with E-state index in [1.54, 1.807) is 0 Å². The van der Waals surface area contributed by atoms with Crippen LogP contribution in [0.1, 0.15) is 33.1 Å². The smallest absolute Gasteiger partial charge is 0.308 e. The van der Waals surface area contributed by atoms with Crippen LogP contribution in [0, 0.1) is 17.8 Å². The van der Waals surface area contributed by atoms with Crippen LogP contribution >= 0.6 is 0 Å². The van der Waals surface area contributed by atoms with Crippen LogP contribution in [0.15, 0.2) is 0 Å². The van der Waals surface area contributed by atoms with Crippen molar-refractivity contribution in [1.82, 2.24) is 9.80 Å². The maximum atomic E-state index is 12.3. The maximum absolute atomic E-state index is 12.3. The lowest BCUT2D eigenvalue weighted by Crippen LogP contribution is -2.55. The molecule has 2 rings (SSSR count). The molecule has 2 aliphatic heterocycles. The number of piperidine rings is 2. The van der Waals surface area contributed by atoms with Gasteiger partial charge < -0.3 is 14.9 Å². The van der Waals surface area contributed by atoms with Crippen LogP contribution in [-0.4, -0.2) is 59.5 Å². The van der Waals surface area contributed by atoms with Crippen molar-refractivity contribution in [2.75, 3.05) is 26.7 Å². The van der Waals surface area contributed by atoms with Crippen LogP contribution in [0.5, 0.6) is 0 Å². The molecule has 5 heteroatoms. The first-order valence-electron chi connectivity index (χ1n) is 7.61. The number of likely N-dealkylation sites (tertiary alicyclic amines) is 2. The van der Waals surface area contributed by atoms with Crippen molar-refractivity contribution in [2.24, 2.45) is 17.8 Å². The van der Waals surface area contributed by atoms with Gasteiger partial charge in [0.05, 0.1) is 5.92 Å². The molecule has 0 saturated carbocycles. The Labute approximate surface area is 120 Å². The van der Waals surface area contributed by atoms with Crippen molar-refractivity contribution in [3.8, 4) is 0 Å². The first-order chi connectivity index (χ1) is 9.40. The summed E-state index contributed by atoms with van der Waals surface area (Å²) in [7, 11) is 2.11. The monoisotopic (exact) mass is 282 g/mol. The number of carboxylic acids is 1. The SMILES string of the molecule is CC1CC(=O)N(CC2CCCN(C)C2)C(C)C1C(=O)O. The van der Waals surface area contributed by atoms with Crippen LogP contribution in [0.3, 0.4) is 0 Å². The Morgan fingerprint density at radius 3 is 2.70 bits per heavy atom. The summed E-state index contributed by atoms with van der Waals surface area (Å²) in [5.74, 6) is -0.684. The Kier molecular flexibility index (Phi) is 4.68. The third-order valence-electron chi connectivity index (χ3n) is 4.90. The lowest BCUT2D eigenvalue weighted by atomic mass is 9.80. The molecular weight excluding hydrogens is 256 g/mol. The van der Waals surface area contributed by atoms with Gasteiger partial charge in [0.15, 0.2) is 0 Å². The first-order valence-corrected chi connectivity index (χ1v) is 7.61. The minimum atomic E-state index is -0.775. The fraction of sp³-hybridized carbons (Fsp3) is 0.867. The Bertz CT molecular complexity index is 385. The third-order valence-corrected chi connectivity index (χ3v) is 4.90. The van der Waals surface area contributed by atoms with E-state index in [4.69, 9.17) is 0 Å². The van der Waals surface area contributed by atoms with E-state index in [0.717, 1.165) is 25.9 Å². The van der Waals surface area contributed by atoms with Gasteiger partial charge in [-0.05, 0) is 45.2 Å². The zero-order valence-corrected chi connectivity index (χ0v) is 12.7. The summed E-state index contributed by atoms with van der Waals surface area (Å²) in [5, 5.41) is 9.38. The van der Waals surface area contributed by atoms with E-state index in [2.05, 4.69) is 11.9 Å². The van der Waals surface area contributed by atoms with Crippen LogP contribution in [0.2, 0.25) is 0 Å². The van der Waals surface area contributed by atoms with Crippen molar-refractivity contribution < 1.29 is 14.7 Å². The summed E-state index contributed by atoms with van der Waals surface area (Å²) in [6, 6.07) is -0.198. The molecular formula is C15H26N2O3. The van der Waals surface area contributed by atoms with Crippen LogP contribution in [0.25, 0.3) is 0 Å². The molecule has 0 bridgehead atoms. The van der Waals surface area contributed by atoms with Gasteiger partial charge in [-0.1, -0.05) is 6.92 Å². The van der Waals surface area contributed by atoms with Crippen molar-refractivity contribution in [3.05, 3.63) is 0 Å². The summed E-state index contributed by atoms with van der Waals surface area (Å²) in [6.45, 7) is 6.59. The number of nitrogens with zero attached hydrogens (tertiary/aromatic N) is 2. The number of hydrogen-bond donors (Lipinski definition) is 1. The molecule has 0 aromatic heterocycles. The Morgan fingerprint density at radius 2 is 2.10 bits per heavy atom. The molecule has 114 valence electrons. The lowest BCUT2D eigenvalue weighted by molar-refractivity contribution is -0.155. The molecule has 2 fully saturated rings. The number of aliphatic carboxylic acids is 1. The summed E-state index contributed by atoms with van der Waals surface area (Å²) in [6.07, 6.45) is 2.66. The van der Waals surface area contributed by atoms with Gasteiger partial charge in [0.25, 0.3) is 0 Å². The quantitative estimate of drug-likeness (QED) is 0.847. The molecule has 0 aromatic rings. The predicted molar refractivity (Wildman–Crippen MR) is 76.3 cm³/mol. The highest BCUT2D eigenvalue weighted by Crippen LogP contribution is 2.31. The fourth-order valence-corrected chi connectivity index (χ4v) is 3.83. The van der Waals surface area contributed by atoms with Gasteiger partial charge in [0, 0.05) is 25.6 Å². The predicted octanol–water partition coefficient (Wildman–Crippen LogP) is 1.29. The normalized spacial score (nSPS) is 36.1. The molecule has 4 atom stereocenters. The first kappa shape index (κ1) is 15.3. The average molecular weight is 282 g/mol. The van der Waals surface area contributed by atoms with Crippen LogP contribution in [-0.2, 0) is 9.59 Å². The Balaban J connectivity index is 2.05. The van der Waals surface area contributed by atoms with Crippen molar-refractivity contribution >= 4 is 11.9 Å². The molecule has 0 spiro atoms. The number of carbonyl (C=O) groups is 2. The molecule has 0 aromatic carbocycles. The van der Waals surface area contributed by atoms with Crippen molar-refractivity contribution in [2.45, 2.75) is 39.2 Å². The molecule has 1 N–H and O–H groups in total. The number of amides is 1. The highest BCUT2D eigenvalue weighted by molar-refractivity contribution is 5.81. The second-order valence-corrected chi connectivity index (χ2v) is 6.60. The summed E-state index contributed by atoms with van der Waals surface area (Å²) < 4.78 is 0. The average Bonchev–Trinajstić information content (AvgIpc) is 2.33. The largest absolute Gasteiger partial charge is 0.481 e. The minimum Gasteiger partial charge on any atom is -0.481 e. The van der Waals surface area contributed by atoms with E-state index in [-0.39, 0.29) is 17.9 Å². The second kappa shape index (κ2) is 6.12. The Hall–Kier alpha value is -1.10. The van der Waals surface area contributed by atoms with E-state index in [1.165, 1.54) is 0 Å². The molecule has 5 nitrogen and oxygen atoms in total. The molecule has 1 amide bonds. The van der Waals surface area contributed by atoms with E-state index in [0.29, 0.717) is 18.9 Å². The van der Waals surface area contributed by atoms with Crippen molar-refractivity contribution in [3.63, 3.8) is 0 Å². The molecule has 2 heterocycles. The lowest BCUT2D eigenvalue weighted by Gasteiger charge is -2.43. The number of carboxylic acid groups (broad SMARTS) is 1. The highest BCUT2D eigenvalue weighted by Gasteiger charge is 2.42. The van der Waals surface area contributed by atoms with Gasteiger partial charge >= 0.3 is 5.97 Å². The molecule has 2 aliphatic rings. The topological polar surface area (TPSA) is 60.9 Å². The van der Waals surface area contributed by atoms with Gasteiger partial charge in [-0.15, -0.1) is 0 Å². The Morgan fingerprint density at radius 1 is 1.40 bits per heavy atom. The molecule has 20 heavy (non-hydrogen) atoms. The van der Waals surface area contributed by atoms with Gasteiger partial charge in [0.2, 0.25) is 5.91 Å². The van der Waals surface area contributed by atoms with Crippen LogP contribution < -0.4 is 0 Å². The van der Waals surface area contributed by atoms with Gasteiger partial charge in [-0.25, -0.2) is 0 Å². The van der Waals surface area contributed by atoms with Crippen molar-refractivity contribution in [1.29, 1.82) is 0 Å². The molecule has 2 saturated heterocycles. The number of carbonyl (C=O) groups excluding carboxylic acids is 1. The maximum Gasteiger partial charge on any atom is 0.308 e. The van der Waals surface area contributed by atoms with Crippen LogP contribution in [0.4, 0.5) is 0 Å². The second-order valence-electron chi connectivity index (χ2n) is 6.60. The number of rotatable bonds is 3. The van der Waals surface area contributed by atoms with E-state index < -0.39 is 11.9 Å². The fourth-order valence-electron chi connectivity index (χ4n) is 3.83. The molecule has 0 radical (unpaired) electrons. The number of hydrogen-bond acceptors (Lipinski definition) is 3.